The molecule has 34 heavy (non-hydrogen) atoms. The third kappa shape index (κ3) is 4.86. The monoisotopic (exact) mass is 484 g/mol. The maximum Gasteiger partial charge on any atom is 0.265 e. The van der Waals surface area contributed by atoms with Crippen molar-refractivity contribution in [2.45, 2.75) is 24.8 Å². The van der Waals surface area contributed by atoms with Crippen molar-refractivity contribution < 1.29 is 22.7 Å². The minimum Gasteiger partial charge on any atom is -0.495 e. The lowest BCUT2D eigenvalue weighted by molar-refractivity contribution is -0.121. The highest BCUT2D eigenvalue weighted by molar-refractivity contribution is 7.92. The second kappa shape index (κ2) is 9.51. The zero-order valence-corrected chi connectivity index (χ0v) is 19.5. The average molecular weight is 485 g/mol. The fourth-order valence-corrected chi connectivity index (χ4v) is 4.84. The van der Waals surface area contributed by atoms with Gasteiger partial charge < -0.3 is 15.4 Å². The number of nitrogens with zero attached hydrogens (tertiary/aromatic N) is 3. The minimum atomic E-state index is -4.09. The summed E-state index contributed by atoms with van der Waals surface area (Å²) in [4.78, 5) is 28.0. The third-order valence-electron chi connectivity index (χ3n) is 5.21. The standard InChI is InChI=1S/C22H24N6O5S/c1-3-23-21(29)13-28-12-15(10-26-28)14-4-5-19(33-2)20(8-14)34(31,32)27-16-9-17-18(25-11-16)6-7-24-22(17)30/h4-5,8-12,27H,3,6-7,13H2,1-2H3,(H,23,29)(H,24,30). The van der Waals surface area contributed by atoms with Crippen molar-refractivity contribution in [1.82, 2.24) is 25.4 Å². The van der Waals surface area contributed by atoms with E-state index in [1.165, 1.54) is 30.1 Å². The number of aromatic nitrogens is 3. The summed E-state index contributed by atoms with van der Waals surface area (Å²) in [5.74, 6) is -0.319. The summed E-state index contributed by atoms with van der Waals surface area (Å²) in [7, 11) is -2.71. The fraction of sp³-hybridized carbons (Fsp3) is 0.273. The highest BCUT2D eigenvalue weighted by Crippen LogP contribution is 2.31. The first-order valence-corrected chi connectivity index (χ1v) is 12.1. The van der Waals surface area contributed by atoms with Gasteiger partial charge in [-0.3, -0.25) is 24.0 Å². The molecule has 2 amide bonds. The summed E-state index contributed by atoms with van der Waals surface area (Å²) in [6, 6.07) is 6.18. The van der Waals surface area contributed by atoms with Gasteiger partial charge >= 0.3 is 0 Å². The Labute approximate surface area is 196 Å². The molecule has 0 spiro atoms. The van der Waals surface area contributed by atoms with Crippen LogP contribution in [0.3, 0.4) is 0 Å². The molecule has 0 bridgehead atoms. The number of fused-ring (bicyclic) bond motifs is 1. The van der Waals surface area contributed by atoms with Crippen molar-refractivity contribution in [2.75, 3.05) is 24.9 Å². The van der Waals surface area contributed by atoms with Crippen molar-refractivity contribution >= 4 is 27.5 Å². The van der Waals surface area contributed by atoms with E-state index in [2.05, 4.69) is 25.4 Å². The average Bonchev–Trinajstić information content (AvgIpc) is 3.27. The second-order valence-electron chi connectivity index (χ2n) is 7.58. The number of hydrogen-bond acceptors (Lipinski definition) is 7. The molecule has 0 radical (unpaired) electrons. The van der Waals surface area contributed by atoms with Gasteiger partial charge in [0.15, 0.2) is 0 Å². The quantitative estimate of drug-likeness (QED) is 0.435. The van der Waals surface area contributed by atoms with Crippen LogP contribution in [0.2, 0.25) is 0 Å². The molecule has 178 valence electrons. The van der Waals surface area contributed by atoms with Crippen molar-refractivity contribution in [3.05, 3.63) is 54.1 Å². The molecule has 0 saturated carbocycles. The third-order valence-corrected chi connectivity index (χ3v) is 6.62. The van der Waals surface area contributed by atoms with Crippen LogP contribution >= 0.6 is 0 Å². The number of amides is 2. The van der Waals surface area contributed by atoms with E-state index in [-0.39, 0.29) is 34.7 Å². The van der Waals surface area contributed by atoms with Crippen molar-refractivity contribution in [3.8, 4) is 16.9 Å². The smallest absolute Gasteiger partial charge is 0.265 e. The van der Waals surface area contributed by atoms with Crippen molar-refractivity contribution in [3.63, 3.8) is 0 Å². The van der Waals surface area contributed by atoms with Gasteiger partial charge in [0, 0.05) is 31.3 Å². The molecule has 3 heterocycles. The van der Waals surface area contributed by atoms with Gasteiger partial charge in [0.2, 0.25) is 5.91 Å². The Morgan fingerprint density at radius 2 is 2.06 bits per heavy atom. The number of pyridine rings is 1. The molecule has 0 fully saturated rings. The molecular formula is C22H24N6O5S. The van der Waals surface area contributed by atoms with Gasteiger partial charge in [-0.1, -0.05) is 6.07 Å². The molecule has 2 aromatic heterocycles. The molecule has 0 saturated heterocycles. The lowest BCUT2D eigenvalue weighted by atomic mass is 10.1. The van der Waals surface area contributed by atoms with Gasteiger partial charge in [-0.25, -0.2) is 8.42 Å². The Hall–Kier alpha value is -3.93. The van der Waals surface area contributed by atoms with Crippen LogP contribution in [0.5, 0.6) is 5.75 Å². The molecule has 3 aromatic rings. The molecule has 11 nitrogen and oxygen atoms in total. The summed E-state index contributed by atoms with van der Waals surface area (Å²) in [6.45, 7) is 2.89. The molecule has 1 aliphatic heterocycles. The van der Waals surface area contributed by atoms with Gasteiger partial charge in [-0.05, 0) is 30.7 Å². The summed E-state index contributed by atoms with van der Waals surface area (Å²) in [5, 5.41) is 9.59. The zero-order valence-electron chi connectivity index (χ0n) is 18.7. The molecule has 0 atom stereocenters. The van der Waals surface area contributed by atoms with Gasteiger partial charge in [-0.15, -0.1) is 0 Å². The van der Waals surface area contributed by atoms with E-state index in [1.54, 1.807) is 24.5 Å². The molecule has 0 unspecified atom stereocenters. The summed E-state index contributed by atoms with van der Waals surface area (Å²) in [5.41, 5.74) is 2.34. The molecule has 4 rings (SSSR count). The number of methoxy groups -OCH3 is 1. The second-order valence-corrected chi connectivity index (χ2v) is 9.23. The first-order valence-electron chi connectivity index (χ1n) is 10.6. The van der Waals surface area contributed by atoms with Crippen LogP contribution in [0, 0.1) is 0 Å². The lowest BCUT2D eigenvalue weighted by Gasteiger charge is -2.17. The van der Waals surface area contributed by atoms with Crippen LogP contribution in [0.15, 0.2) is 47.8 Å². The number of ether oxygens (including phenoxy) is 1. The lowest BCUT2D eigenvalue weighted by Crippen LogP contribution is -2.32. The number of carbonyl (C=O) groups is 2. The first-order chi connectivity index (χ1) is 16.3. The SMILES string of the molecule is CCNC(=O)Cn1cc(-c2ccc(OC)c(S(=O)(=O)Nc3cnc4c(c3)C(=O)NCC4)c2)cn1. The van der Waals surface area contributed by atoms with Gasteiger partial charge in [0.1, 0.15) is 17.2 Å². The van der Waals surface area contributed by atoms with Crippen LogP contribution in [0.1, 0.15) is 23.0 Å². The number of anilines is 1. The minimum absolute atomic E-state index is 0.0512. The van der Waals surface area contributed by atoms with E-state index in [0.717, 1.165) is 0 Å². The molecule has 12 heteroatoms. The summed E-state index contributed by atoms with van der Waals surface area (Å²) < 4.78 is 35.7. The normalized spacial score (nSPS) is 13.1. The van der Waals surface area contributed by atoms with Crippen molar-refractivity contribution in [2.24, 2.45) is 0 Å². The maximum atomic E-state index is 13.2. The Morgan fingerprint density at radius 3 is 2.82 bits per heavy atom. The van der Waals surface area contributed by atoms with Gasteiger partial charge in [-0.2, -0.15) is 5.10 Å². The Balaban J connectivity index is 1.63. The summed E-state index contributed by atoms with van der Waals surface area (Å²) >= 11 is 0. The number of carbonyl (C=O) groups excluding carboxylic acids is 2. The molecule has 3 N–H and O–H groups in total. The Bertz CT molecular complexity index is 1350. The van der Waals surface area contributed by atoms with Crippen LogP contribution in [0.25, 0.3) is 11.1 Å². The molecule has 0 aliphatic carbocycles. The van der Waals surface area contributed by atoms with E-state index >= 15 is 0 Å². The molecule has 1 aromatic carbocycles. The Morgan fingerprint density at radius 1 is 1.24 bits per heavy atom. The largest absolute Gasteiger partial charge is 0.495 e. The summed E-state index contributed by atoms with van der Waals surface area (Å²) in [6.07, 6.45) is 5.18. The van der Waals surface area contributed by atoms with E-state index < -0.39 is 10.0 Å². The number of rotatable bonds is 8. The number of hydrogen-bond donors (Lipinski definition) is 3. The highest BCUT2D eigenvalue weighted by atomic mass is 32.2. The van der Waals surface area contributed by atoms with E-state index in [4.69, 9.17) is 4.74 Å². The predicted octanol–water partition coefficient (Wildman–Crippen LogP) is 1.18. The zero-order chi connectivity index (χ0) is 24.3. The van der Waals surface area contributed by atoms with E-state index in [1.807, 2.05) is 6.92 Å². The van der Waals surface area contributed by atoms with Crippen LogP contribution in [0.4, 0.5) is 5.69 Å². The van der Waals surface area contributed by atoms with Crippen LogP contribution < -0.4 is 20.1 Å². The van der Waals surface area contributed by atoms with E-state index in [0.29, 0.717) is 41.9 Å². The van der Waals surface area contributed by atoms with Gasteiger partial charge in [0.25, 0.3) is 15.9 Å². The van der Waals surface area contributed by atoms with Gasteiger partial charge in [0.05, 0.1) is 36.4 Å². The predicted molar refractivity (Wildman–Crippen MR) is 124 cm³/mol. The first kappa shape index (κ1) is 23.2. The maximum absolute atomic E-state index is 13.2. The van der Waals surface area contributed by atoms with Crippen molar-refractivity contribution in [1.29, 1.82) is 0 Å². The Kier molecular flexibility index (Phi) is 6.50. The number of likely N-dealkylation sites (N-methyl/N-ethyl adjacent to an activating group) is 1. The number of sulfonamides is 1. The van der Waals surface area contributed by atoms with E-state index in [9.17, 15) is 18.0 Å². The number of benzene rings is 1. The fourth-order valence-electron chi connectivity index (χ4n) is 3.61. The van der Waals surface area contributed by atoms with Crippen LogP contribution in [-0.2, 0) is 27.8 Å². The molecule has 1 aliphatic rings. The topological polar surface area (TPSA) is 144 Å². The van der Waals surface area contributed by atoms with Crippen LogP contribution in [-0.4, -0.2) is 55.2 Å². The number of nitrogens with one attached hydrogen (secondary N) is 3. The highest BCUT2D eigenvalue weighted by Gasteiger charge is 2.24. The molecular weight excluding hydrogens is 460 g/mol.